The first-order valence-corrected chi connectivity index (χ1v) is 8.12. The Labute approximate surface area is 131 Å². The van der Waals surface area contributed by atoms with Crippen molar-refractivity contribution in [1.82, 2.24) is 4.98 Å². The van der Waals surface area contributed by atoms with E-state index in [-0.39, 0.29) is 12.6 Å². The van der Waals surface area contributed by atoms with Gasteiger partial charge in [-0.25, -0.2) is 9.78 Å². The van der Waals surface area contributed by atoms with Gasteiger partial charge in [0.2, 0.25) is 0 Å². The van der Waals surface area contributed by atoms with Gasteiger partial charge in [0.15, 0.2) is 10.8 Å². The molecule has 0 saturated heterocycles. The fourth-order valence-electron chi connectivity index (χ4n) is 1.52. The maximum absolute atomic E-state index is 11.8. The highest BCUT2D eigenvalue weighted by molar-refractivity contribution is 9.11. The summed E-state index contributed by atoms with van der Waals surface area (Å²) in [4.78, 5) is 16.7. The van der Waals surface area contributed by atoms with E-state index in [9.17, 15) is 4.79 Å². The second-order valence-electron chi connectivity index (χ2n) is 3.80. The van der Waals surface area contributed by atoms with E-state index in [1.165, 1.54) is 22.7 Å². The highest BCUT2D eigenvalue weighted by atomic mass is 79.9. The minimum absolute atomic E-state index is 0.158. The molecule has 102 valence electrons. The number of carbonyl (C=O) groups excluding carboxylic acids is 1. The molecule has 0 aliphatic rings. The fraction of sp³-hybridized carbons (Fsp3) is 0.0769. The van der Waals surface area contributed by atoms with Crippen molar-refractivity contribution in [2.75, 3.05) is 0 Å². The van der Waals surface area contributed by atoms with Crippen LogP contribution in [0, 0.1) is 0 Å². The molecule has 4 nitrogen and oxygen atoms in total. The van der Waals surface area contributed by atoms with Crippen molar-refractivity contribution in [3.05, 3.63) is 50.3 Å². The molecule has 0 aliphatic heterocycles. The van der Waals surface area contributed by atoms with Gasteiger partial charge in [-0.15, -0.1) is 22.7 Å². The predicted octanol–water partition coefficient (Wildman–Crippen LogP) is 4.58. The zero-order chi connectivity index (χ0) is 13.9. The number of thiophene rings is 1. The Kier molecular flexibility index (Phi) is 4.00. The summed E-state index contributed by atoms with van der Waals surface area (Å²) < 4.78 is 11.4. The summed E-state index contributed by atoms with van der Waals surface area (Å²) in [7, 11) is 0. The molecule has 0 N–H and O–H groups in total. The van der Waals surface area contributed by atoms with E-state index in [2.05, 4.69) is 20.9 Å². The molecule has 0 unspecified atom stereocenters. The van der Waals surface area contributed by atoms with Crippen LogP contribution in [0.5, 0.6) is 0 Å². The van der Waals surface area contributed by atoms with E-state index in [0.717, 1.165) is 14.6 Å². The summed E-state index contributed by atoms with van der Waals surface area (Å²) in [6, 6.07) is 7.20. The number of ether oxygens (including phenoxy) is 1. The Bertz CT molecular complexity index is 718. The molecule has 0 radical (unpaired) electrons. The van der Waals surface area contributed by atoms with Crippen LogP contribution in [-0.4, -0.2) is 11.0 Å². The van der Waals surface area contributed by atoms with E-state index >= 15 is 0 Å². The van der Waals surface area contributed by atoms with Crippen LogP contribution in [0.1, 0.15) is 15.4 Å². The summed E-state index contributed by atoms with van der Waals surface area (Å²) >= 11 is 6.11. The number of carbonyl (C=O) groups is 1. The van der Waals surface area contributed by atoms with Gasteiger partial charge in [0.1, 0.15) is 11.5 Å². The van der Waals surface area contributed by atoms with Gasteiger partial charge in [-0.3, -0.25) is 0 Å². The van der Waals surface area contributed by atoms with Gasteiger partial charge in [0.25, 0.3) is 0 Å². The standard InChI is InChI=1S/C13H8BrNO3S2/c14-11-4-3-10(20-11)13(16)18-6-8-7-19-12(15-8)9-2-1-5-17-9/h1-5,7H,6H2. The summed E-state index contributed by atoms with van der Waals surface area (Å²) in [5, 5.41) is 2.63. The quantitative estimate of drug-likeness (QED) is 0.631. The molecule has 0 bridgehead atoms. The molecule has 3 heterocycles. The number of hydrogen-bond donors (Lipinski definition) is 0. The third kappa shape index (κ3) is 3.00. The molecule has 3 aromatic heterocycles. The lowest BCUT2D eigenvalue weighted by atomic mass is 10.4. The molecule has 0 aliphatic carbocycles. The lowest BCUT2D eigenvalue weighted by Crippen LogP contribution is -2.03. The molecule has 0 amide bonds. The average molecular weight is 370 g/mol. The average Bonchev–Trinajstić information content (AvgIpc) is 3.16. The van der Waals surface area contributed by atoms with E-state index in [4.69, 9.17) is 9.15 Å². The normalized spacial score (nSPS) is 10.7. The maximum atomic E-state index is 11.8. The molecular formula is C13H8BrNO3S2. The van der Waals surface area contributed by atoms with Crippen molar-refractivity contribution in [2.24, 2.45) is 0 Å². The first kappa shape index (κ1) is 13.5. The second kappa shape index (κ2) is 5.90. The van der Waals surface area contributed by atoms with Gasteiger partial charge in [0, 0.05) is 5.38 Å². The van der Waals surface area contributed by atoms with Gasteiger partial charge in [-0.2, -0.15) is 0 Å². The number of halogens is 1. The van der Waals surface area contributed by atoms with Gasteiger partial charge < -0.3 is 9.15 Å². The van der Waals surface area contributed by atoms with E-state index in [1.54, 1.807) is 12.3 Å². The molecular weight excluding hydrogens is 362 g/mol. The predicted molar refractivity (Wildman–Crippen MR) is 81.0 cm³/mol. The number of thiazole rings is 1. The molecule has 0 saturated carbocycles. The van der Waals surface area contributed by atoms with Crippen molar-refractivity contribution in [1.29, 1.82) is 0 Å². The molecule has 3 rings (SSSR count). The lowest BCUT2D eigenvalue weighted by Gasteiger charge is -1.99. The van der Waals surface area contributed by atoms with Crippen LogP contribution in [-0.2, 0) is 11.3 Å². The molecule has 7 heteroatoms. The molecule has 0 spiro atoms. The second-order valence-corrected chi connectivity index (χ2v) is 7.12. The van der Waals surface area contributed by atoms with E-state index < -0.39 is 0 Å². The molecule has 0 aromatic carbocycles. The van der Waals surface area contributed by atoms with Crippen LogP contribution in [0.3, 0.4) is 0 Å². The van der Waals surface area contributed by atoms with Gasteiger partial charge in [-0.05, 0) is 40.2 Å². The molecule has 0 fully saturated rings. The minimum atomic E-state index is -0.340. The van der Waals surface area contributed by atoms with Gasteiger partial charge in [-0.1, -0.05) is 0 Å². The number of rotatable bonds is 4. The van der Waals surface area contributed by atoms with Crippen LogP contribution >= 0.6 is 38.6 Å². The first-order chi connectivity index (χ1) is 9.72. The summed E-state index contributed by atoms with van der Waals surface area (Å²) in [5.41, 5.74) is 0.713. The van der Waals surface area contributed by atoms with Crippen LogP contribution in [0.2, 0.25) is 0 Å². The van der Waals surface area contributed by atoms with Crippen LogP contribution in [0.4, 0.5) is 0 Å². The highest BCUT2D eigenvalue weighted by Crippen LogP contribution is 2.25. The Morgan fingerprint density at radius 2 is 2.30 bits per heavy atom. The van der Waals surface area contributed by atoms with Gasteiger partial charge in [0.05, 0.1) is 15.7 Å². The number of nitrogens with zero attached hydrogens (tertiary/aromatic N) is 1. The number of hydrogen-bond acceptors (Lipinski definition) is 6. The van der Waals surface area contributed by atoms with E-state index in [1.807, 2.05) is 23.6 Å². The van der Waals surface area contributed by atoms with E-state index in [0.29, 0.717) is 10.6 Å². The van der Waals surface area contributed by atoms with Crippen LogP contribution in [0.15, 0.2) is 44.1 Å². The summed E-state index contributed by atoms with van der Waals surface area (Å²) in [6.45, 7) is 0.158. The summed E-state index contributed by atoms with van der Waals surface area (Å²) in [5.74, 6) is 0.378. The Morgan fingerprint density at radius 1 is 1.40 bits per heavy atom. The third-order valence-electron chi connectivity index (χ3n) is 2.41. The number of esters is 1. The Hall–Kier alpha value is -1.44. The topological polar surface area (TPSA) is 52.3 Å². The van der Waals surface area contributed by atoms with Crippen LogP contribution in [0.25, 0.3) is 10.8 Å². The SMILES string of the molecule is O=C(OCc1csc(-c2ccco2)n1)c1ccc(Br)s1. The van der Waals surface area contributed by atoms with Crippen molar-refractivity contribution in [3.8, 4) is 10.8 Å². The summed E-state index contributed by atoms with van der Waals surface area (Å²) in [6.07, 6.45) is 1.60. The zero-order valence-electron chi connectivity index (χ0n) is 10.0. The Morgan fingerprint density at radius 3 is 3.00 bits per heavy atom. The zero-order valence-corrected chi connectivity index (χ0v) is 13.3. The fourth-order valence-corrected chi connectivity index (χ4v) is 3.57. The van der Waals surface area contributed by atoms with Crippen LogP contribution < -0.4 is 0 Å². The van der Waals surface area contributed by atoms with Gasteiger partial charge >= 0.3 is 5.97 Å². The lowest BCUT2D eigenvalue weighted by molar-refractivity contribution is 0.0474. The molecule has 0 atom stereocenters. The smallest absolute Gasteiger partial charge is 0.348 e. The number of furan rings is 1. The maximum Gasteiger partial charge on any atom is 0.348 e. The van der Waals surface area contributed by atoms with Crippen molar-refractivity contribution < 1.29 is 13.9 Å². The van der Waals surface area contributed by atoms with Crippen molar-refractivity contribution >= 4 is 44.6 Å². The number of aromatic nitrogens is 1. The third-order valence-corrected chi connectivity index (χ3v) is 4.92. The first-order valence-electron chi connectivity index (χ1n) is 5.63. The molecule has 20 heavy (non-hydrogen) atoms. The largest absolute Gasteiger partial charge is 0.462 e. The minimum Gasteiger partial charge on any atom is -0.462 e. The molecule has 3 aromatic rings. The monoisotopic (exact) mass is 369 g/mol. The Balaban J connectivity index is 1.63. The van der Waals surface area contributed by atoms with Crippen molar-refractivity contribution in [2.45, 2.75) is 6.61 Å². The highest BCUT2D eigenvalue weighted by Gasteiger charge is 2.12. The van der Waals surface area contributed by atoms with Crippen molar-refractivity contribution in [3.63, 3.8) is 0 Å².